The van der Waals surface area contributed by atoms with Gasteiger partial charge in [0.15, 0.2) is 0 Å². The van der Waals surface area contributed by atoms with Gasteiger partial charge in [0, 0.05) is 21.5 Å². The summed E-state index contributed by atoms with van der Waals surface area (Å²) in [7, 11) is 0. The third kappa shape index (κ3) is 3.83. The molecule has 1 aromatic rings. The van der Waals surface area contributed by atoms with Gasteiger partial charge < -0.3 is 5.32 Å². The van der Waals surface area contributed by atoms with E-state index in [-0.39, 0.29) is 5.54 Å². The van der Waals surface area contributed by atoms with Crippen molar-refractivity contribution < 1.29 is 0 Å². The molecule has 1 saturated carbocycles. The number of alkyl halides is 1. The van der Waals surface area contributed by atoms with Crippen molar-refractivity contribution in [2.75, 3.05) is 5.88 Å². The number of halogens is 2. The Morgan fingerprint density at radius 2 is 1.76 bits per heavy atom. The molecule has 0 bridgehead atoms. The van der Waals surface area contributed by atoms with Crippen LogP contribution < -0.4 is 5.32 Å². The van der Waals surface area contributed by atoms with Gasteiger partial charge in [-0.25, -0.2) is 0 Å². The average molecular weight is 364 g/mol. The van der Waals surface area contributed by atoms with Crippen LogP contribution in [0.15, 0.2) is 24.3 Å². The molecule has 0 aliphatic heterocycles. The lowest BCUT2D eigenvalue weighted by Gasteiger charge is -2.36. The van der Waals surface area contributed by atoms with Gasteiger partial charge in [-0.3, -0.25) is 0 Å². The van der Waals surface area contributed by atoms with Gasteiger partial charge in [0.25, 0.3) is 0 Å². The number of rotatable bonds is 4. The summed E-state index contributed by atoms with van der Waals surface area (Å²) in [5.41, 5.74) is 1.53. The normalized spacial score (nSPS) is 19.2. The van der Waals surface area contributed by atoms with Gasteiger partial charge in [0.05, 0.1) is 0 Å². The van der Waals surface area contributed by atoms with Gasteiger partial charge in [0.2, 0.25) is 0 Å². The summed E-state index contributed by atoms with van der Waals surface area (Å²) in [6.45, 7) is 0.934. The Morgan fingerprint density at radius 3 is 2.35 bits per heavy atom. The average Bonchev–Trinajstić information content (AvgIpc) is 2.39. The summed E-state index contributed by atoms with van der Waals surface area (Å²) >= 11 is 8.50. The molecular weight excluding hydrogens is 345 g/mol. The molecule has 17 heavy (non-hydrogen) atoms. The van der Waals surface area contributed by atoms with Crippen LogP contribution in [0, 0.1) is 3.57 Å². The third-order valence-corrected chi connectivity index (χ3v) is 4.88. The molecule has 1 N–H and O–H groups in total. The first-order valence-electron chi connectivity index (χ1n) is 6.30. The first-order chi connectivity index (χ1) is 8.24. The van der Waals surface area contributed by atoms with Crippen molar-refractivity contribution in [1.29, 1.82) is 0 Å². The molecular formula is C14H19ClIN. The van der Waals surface area contributed by atoms with E-state index in [9.17, 15) is 0 Å². The third-order valence-electron chi connectivity index (χ3n) is 3.65. The SMILES string of the molecule is ClCC1(NCc2ccc(I)cc2)CCCCC1. The highest BCUT2D eigenvalue weighted by Gasteiger charge is 2.30. The Balaban J connectivity index is 1.93. The minimum absolute atomic E-state index is 0.183. The van der Waals surface area contributed by atoms with Gasteiger partial charge in [-0.2, -0.15) is 0 Å². The van der Waals surface area contributed by atoms with E-state index in [1.165, 1.54) is 41.2 Å². The second-order valence-corrected chi connectivity index (χ2v) is 6.47. The van der Waals surface area contributed by atoms with Crippen molar-refractivity contribution in [3.05, 3.63) is 33.4 Å². The molecule has 94 valence electrons. The quantitative estimate of drug-likeness (QED) is 0.620. The van der Waals surface area contributed by atoms with Gasteiger partial charge in [-0.1, -0.05) is 31.4 Å². The molecule has 1 aliphatic rings. The van der Waals surface area contributed by atoms with Crippen LogP contribution in [0.4, 0.5) is 0 Å². The highest BCUT2D eigenvalue weighted by atomic mass is 127. The smallest absolute Gasteiger partial charge is 0.0406 e. The van der Waals surface area contributed by atoms with Gasteiger partial charge in [0.1, 0.15) is 0 Å². The molecule has 0 saturated heterocycles. The van der Waals surface area contributed by atoms with Gasteiger partial charge >= 0.3 is 0 Å². The molecule has 0 aromatic heterocycles. The second-order valence-electron chi connectivity index (χ2n) is 4.95. The Morgan fingerprint density at radius 1 is 1.12 bits per heavy atom. The number of hydrogen-bond donors (Lipinski definition) is 1. The molecule has 3 heteroatoms. The van der Waals surface area contributed by atoms with Gasteiger partial charge in [-0.15, -0.1) is 11.6 Å². The van der Waals surface area contributed by atoms with Crippen molar-refractivity contribution in [3.8, 4) is 0 Å². The van der Waals surface area contributed by atoms with Crippen molar-refractivity contribution in [2.45, 2.75) is 44.2 Å². The van der Waals surface area contributed by atoms with Crippen molar-refractivity contribution >= 4 is 34.2 Å². The molecule has 1 aliphatic carbocycles. The highest BCUT2D eigenvalue weighted by Crippen LogP contribution is 2.29. The number of nitrogens with one attached hydrogen (secondary N) is 1. The topological polar surface area (TPSA) is 12.0 Å². The Hall–Kier alpha value is 0.200. The van der Waals surface area contributed by atoms with Gasteiger partial charge in [-0.05, 0) is 53.1 Å². The summed E-state index contributed by atoms with van der Waals surface area (Å²) in [5, 5.41) is 3.69. The summed E-state index contributed by atoms with van der Waals surface area (Å²) in [6, 6.07) is 8.71. The fourth-order valence-corrected chi connectivity index (χ4v) is 3.20. The Labute approximate surface area is 122 Å². The maximum absolute atomic E-state index is 6.16. The zero-order valence-corrected chi connectivity index (χ0v) is 12.9. The van der Waals surface area contributed by atoms with Crippen LogP contribution in [-0.2, 0) is 6.54 Å². The number of hydrogen-bond acceptors (Lipinski definition) is 1. The van der Waals surface area contributed by atoms with E-state index in [1.807, 2.05) is 0 Å². The second kappa shape index (κ2) is 6.39. The van der Waals surface area contributed by atoms with Crippen LogP contribution in [0.5, 0.6) is 0 Å². The molecule has 0 heterocycles. The predicted molar refractivity (Wildman–Crippen MR) is 82.5 cm³/mol. The van der Waals surface area contributed by atoms with Crippen LogP contribution >= 0.6 is 34.2 Å². The van der Waals surface area contributed by atoms with E-state index < -0.39 is 0 Å². The minimum atomic E-state index is 0.183. The molecule has 0 radical (unpaired) electrons. The largest absolute Gasteiger partial charge is 0.306 e. The van der Waals surface area contributed by atoms with Crippen LogP contribution in [0.25, 0.3) is 0 Å². The molecule has 0 atom stereocenters. The fourth-order valence-electron chi connectivity index (χ4n) is 2.48. The molecule has 0 unspecified atom stereocenters. The highest BCUT2D eigenvalue weighted by molar-refractivity contribution is 14.1. The monoisotopic (exact) mass is 363 g/mol. The zero-order valence-electron chi connectivity index (χ0n) is 10.0. The first kappa shape index (κ1) is 13.6. The lowest BCUT2D eigenvalue weighted by molar-refractivity contribution is 0.256. The summed E-state index contributed by atoms with van der Waals surface area (Å²) in [4.78, 5) is 0. The summed E-state index contributed by atoms with van der Waals surface area (Å²) < 4.78 is 1.29. The minimum Gasteiger partial charge on any atom is -0.306 e. The molecule has 1 nitrogen and oxygen atoms in total. The van der Waals surface area contributed by atoms with Crippen LogP contribution in [-0.4, -0.2) is 11.4 Å². The Kier molecular flexibility index (Phi) is 5.12. The van der Waals surface area contributed by atoms with Crippen molar-refractivity contribution in [3.63, 3.8) is 0 Å². The van der Waals surface area contributed by atoms with E-state index in [0.29, 0.717) is 0 Å². The molecule has 2 rings (SSSR count). The van der Waals surface area contributed by atoms with E-state index >= 15 is 0 Å². The van der Waals surface area contributed by atoms with Crippen molar-refractivity contribution in [1.82, 2.24) is 5.32 Å². The molecule has 0 spiro atoms. The van der Waals surface area contributed by atoms with Crippen molar-refractivity contribution in [2.24, 2.45) is 0 Å². The Bertz CT molecular complexity index is 344. The zero-order chi connectivity index (χ0) is 12.1. The number of benzene rings is 1. The van der Waals surface area contributed by atoms with Crippen LogP contribution in [0.3, 0.4) is 0 Å². The lowest BCUT2D eigenvalue weighted by atomic mass is 9.83. The fraction of sp³-hybridized carbons (Fsp3) is 0.571. The van der Waals surface area contributed by atoms with E-state index in [4.69, 9.17) is 11.6 Å². The van der Waals surface area contributed by atoms with Crippen LogP contribution in [0.1, 0.15) is 37.7 Å². The standard InChI is InChI=1S/C14H19ClIN/c15-11-14(8-2-1-3-9-14)17-10-12-4-6-13(16)7-5-12/h4-7,17H,1-3,8-11H2. The van der Waals surface area contributed by atoms with E-state index in [0.717, 1.165) is 12.4 Å². The molecule has 1 fully saturated rings. The molecule has 0 amide bonds. The summed E-state index contributed by atoms with van der Waals surface area (Å²) in [6.07, 6.45) is 6.43. The molecule has 1 aromatic carbocycles. The van der Waals surface area contributed by atoms with Crippen LogP contribution in [0.2, 0.25) is 0 Å². The first-order valence-corrected chi connectivity index (χ1v) is 7.91. The van der Waals surface area contributed by atoms with E-state index in [1.54, 1.807) is 0 Å². The van der Waals surface area contributed by atoms with E-state index in [2.05, 4.69) is 52.2 Å². The summed E-state index contributed by atoms with van der Waals surface area (Å²) in [5.74, 6) is 0.734. The lowest BCUT2D eigenvalue weighted by Crippen LogP contribution is -2.48. The maximum atomic E-state index is 6.16. The predicted octanol–water partition coefficient (Wildman–Crippen LogP) is 4.32. The maximum Gasteiger partial charge on any atom is 0.0406 e.